The van der Waals surface area contributed by atoms with Crippen LogP contribution in [0.2, 0.25) is 0 Å². The number of ether oxygens (including phenoxy) is 7. The van der Waals surface area contributed by atoms with E-state index in [9.17, 15) is 19.8 Å². The summed E-state index contributed by atoms with van der Waals surface area (Å²) in [5.74, 6) is 0.546. The molecule has 0 saturated carbocycles. The quantitative estimate of drug-likeness (QED) is 0.142. The number of methoxy groups -OCH3 is 1. The predicted molar refractivity (Wildman–Crippen MR) is 289 cm³/mol. The summed E-state index contributed by atoms with van der Waals surface area (Å²) < 4.78 is 41.7. The summed E-state index contributed by atoms with van der Waals surface area (Å²) in [5.41, 5.74) is 4.73. The summed E-state index contributed by atoms with van der Waals surface area (Å²) in [5, 5.41) is 27.9. The van der Waals surface area contributed by atoms with Gasteiger partial charge in [0.25, 0.3) is 0 Å². The maximum Gasteiger partial charge on any atom is 0.243 e. The van der Waals surface area contributed by atoms with Crippen LogP contribution in [0, 0.1) is 11.8 Å². The summed E-state index contributed by atoms with van der Waals surface area (Å²) in [6.07, 6.45) is 37.5. The van der Waals surface area contributed by atoms with E-state index in [0.717, 1.165) is 62.5 Å². The molecule has 8 heterocycles. The van der Waals surface area contributed by atoms with Crippen molar-refractivity contribution in [1.82, 2.24) is 10.6 Å². The lowest BCUT2D eigenvalue weighted by Crippen LogP contribution is -2.44. The van der Waals surface area contributed by atoms with Gasteiger partial charge in [-0.15, -0.1) is 0 Å². The number of aliphatic hydroxyl groups excluding tert-OH is 2. The van der Waals surface area contributed by atoms with E-state index in [1.165, 1.54) is 11.1 Å². The van der Waals surface area contributed by atoms with E-state index in [2.05, 4.69) is 100 Å². The number of carbonyl (C=O) groups excluding carboxylic acids is 2. The third-order valence-electron chi connectivity index (χ3n) is 15.3. The first-order valence-electron chi connectivity index (χ1n) is 27.7. The Morgan fingerprint density at radius 3 is 1.70 bits per heavy atom. The highest BCUT2D eigenvalue weighted by molar-refractivity contribution is 5.88. The van der Waals surface area contributed by atoms with Gasteiger partial charge in [-0.05, 0) is 134 Å². The molecule has 17 atom stereocenters. The second kappa shape index (κ2) is 28.9. The Labute approximate surface area is 442 Å². The molecule has 13 heteroatoms. The molecule has 0 aromatic rings. The van der Waals surface area contributed by atoms with Crippen LogP contribution in [0.3, 0.4) is 0 Å². The van der Waals surface area contributed by atoms with Crippen LogP contribution in [-0.4, -0.2) is 134 Å². The molecular weight excluding hydrogens is 937 g/mol. The van der Waals surface area contributed by atoms with Gasteiger partial charge >= 0.3 is 0 Å². The van der Waals surface area contributed by atoms with Gasteiger partial charge in [0.1, 0.15) is 12.2 Å². The van der Waals surface area contributed by atoms with Crippen molar-refractivity contribution in [3.63, 3.8) is 0 Å². The average molecular weight is 1030 g/mol. The lowest BCUT2D eigenvalue weighted by Gasteiger charge is -2.28. The van der Waals surface area contributed by atoms with Crippen molar-refractivity contribution >= 4 is 11.8 Å². The first-order valence-corrected chi connectivity index (χ1v) is 27.7. The van der Waals surface area contributed by atoms with Crippen molar-refractivity contribution in [2.45, 2.75) is 215 Å². The second-order valence-electron chi connectivity index (χ2n) is 22.4. The molecule has 0 aromatic heterocycles. The number of nitrogens with one attached hydrogen (secondary N) is 2. The van der Waals surface area contributed by atoms with Crippen LogP contribution < -0.4 is 10.6 Å². The van der Waals surface area contributed by atoms with Crippen LogP contribution in [0.25, 0.3) is 0 Å². The fraction of sp³-hybridized carbons (Fsp3) is 0.639. The van der Waals surface area contributed by atoms with Crippen molar-refractivity contribution in [2.75, 3.05) is 20.3 Å². The third kappa shape index (κ3) is 19.5. The molecule has 4 N–H and O–H groups in total. The predicted octanol–water partition coefficient (Wildman–Crippen LogP) is 9.04. The molecule has 2 amide bonds. The van der Waals surface area contributed by atoms with Crippen molar-refractivity contribution in [3.8, 4) is 0 Å². The summed E-state index contributed by atoms with van der Waals surface area (Å²) in [4.78, 5) is 25.7. The molecule has 0 spiro atoms. The zero-order valence-corrected chi connectivity index (χ0v) is 44.9. The fourth-order valence-corrected chi connectivity index (χ4v) is 11.4. The van der Waals surface area contributed by atoms with Crippen molar-refractivity contribution in [2.24, 2.45) is 11.8 Å². The fourth-order valence-electron chi connectivity index (χ4n) is 11.4. The Bertz CT molecular complexity index is 2120. The maximum absolute atomic E-state index is 12.9. The number of aliphatic hydroxyl groups is 2. The molecule has 2 saturated heterocycles. The summed E-state index contributed by atoms with van der Waals surface area (Å²) in [7, 11) is 1.64. The Morgan fingerprint density at radius 1 is 0.662 bits per heavy atom. The van der Waals surface area contributed by atoms with Crippen molar-refractivity contribution < 1.29 is 53.0 Å². The SMILES string of the molecule is C=C1C[C@H](C)C[C@@H]2CC=C[C@@H](C/C=C\C(=O)N[C@H](C/C=C/[C@@H]3CC(C)=CCO3)C[C@@H]3O[C@H]3[C@@H](O)C1)O2.C=C1C[C@H](C)C[C@@H]2CC=C[C@@H](C/C=C\C(=O)N[C@H]([C@H](/C=C/[C@@H]3CC(C)=CCO3)OC)C[C@@H]3O[C@H]3[C@@H](O)C1)O2. The highest BCUT2D eigenvalue weighted by atomic mass is 16.6. The van der Waals surface area contributed by atoms with E-state index in [-0.39, 0.29) is 91.0 Å². The molecule has 0 radical (unpaired) electrons. The number of hydrogen-bond acceptors (Lipinski definition) is 11. The van der Waals surface area contributed by atoms with E-state index in [1.807, 2.05) is 24.3 Å². The number of epoxide rings is 2. The van der Waals surface area contributed by atoms with Crippen LogP contribution in [0.15, 0.2) is 121 Å². The number of carbonyl (C=O) groups is 2. The maximum atomic E-state index is 12.9. The second-order valence-corrected chi connectivity index (χ2v) is 22.4. The van der Waals surface area contributed by atoms with Gasteiger partial charge in [0, 0.05) is 13.2 Å². The minimum Gasteiger partial charge on any atom is -0.390 e. The Kier molecular flexibility index (Phi) is 22.5. The lowest BCUT2D eigenvalue weighted by molar-refractivity contribution is -0.118. The molecule has 8 aliphatic heterocycles. The molecule has 2 fully saturated rings. The van der Waals surface area contributed by atoms with Gasteiger partial charge in [-0.3, -0.25) is 9.59 Å². The zero-order chi connectivity index (χ0) is 52.6. The molecule has 8 rings (SSSR count). The molecule has 0 aliphatic carbocycles. The minimum absolute atomic E-state index is 0.00346. The first kappa shape index (κ1) is 57.7. The van der Waals surface area contributed by atoms with Crippen LogP contribution in [0.1, 0.15) is 124 Å². The van der Waals surface area contributed by atoms with Gasteiger partial charge in [0.2, 0.25) is 11.8 Å². The van der Waals surface area contributed by atoms with Gasteiger partial charge in [0.15, 0.2) is 0 Å². The molecule has 0 aromatic carbocycles. The highest BCUT2D eigenvalue weighted by Crippen LogP contribution is 2.36. The van der Waals surface area contributed by atoms with Crippen LogP contribution >= 0.6 is 0 Å². The Morgan fingerprint density at radius 2 is 1.18 bits per heavy atom. The smallest absolute Gasteiger partial charge is 0.243 e. The third-order valence-corrected chi connectivity index (χ3v) is 15.3. The van der Waals surface area contributed by atoms with E-state index in [1.54, 1.807) is 19.3 Å². The highest BCUT2D eigenvalue weighted by Gasteiger charge is 2.47. The van der Waals surface area contributed by atoms with Crippen molar-refractivity contribution in [3.05, 3.63) is 121 Å². The number of hydrogen-bond donors (Lipinski definition) is 4. The minimum atomic E-state index is -0.616. The molecule has 408 valence electrons. The average Bonchev–Trinajstić information content (AvgIpc) is 4.28. The van der Waals surface area contributed by atoms with Gasteiger partial charge in [-0.2, -0.15) is 0 Å². The standard InChI is InChI=1S/C31H45NO6.C30H43NO5/c1-20-13-14-36-24(16-20)11-12-28(35-4)26-19-29-31(38-29)27(33)18-22(3)15-21(2)17-25-9-5-7-23(37-25)8-6-10-30(34)32-26;1-20-13-14-34-25(16-20)10-4-7-23-19-28-30(36-28)27(32)18-22(3)15-21(2)17-26-11-5-8-24(35-26)9-6-12-29(33)31-23/h5-7,10-13,21,23-29,31,33H,3,8-9,14-19H2,1-2,4H3,(H,32,34);4-6,8,10,12-13,21,23-28,30,32H,3,7,9,11,14-19H2,1-2H3,(H,31,33)/b10-6-,12-11+;10-4+,12-6-/t21-,23-,24+,25-,26-,27-,28-,29-,31-;21-,23+,24-,25+,26-,27-,28-,30-/m00/s1. The lowest BCUT2D eigenvalue weighted by atomic mass is 9.90. The van der Waals surface area contributed by atoms with Crippen molar-refractivity contribution in [1.29, 1.82) is 0 Å². The molecule has 13 nitrogen and oxygen atoms in total. The summed E-state index contributed by atoms with van der Waals surface area (Å²) in [6, 6.07) is -0.411. The molecule has 0 unspecified atom stereocenters. The Hall–Kier alpha value is -4.02. The summed E-state index contributed by atoms with van der Waals surface area (Å²) >= 11 is 0. The van der Waals surface area contributed by atoms with E-state index < -0.39 is 12.2 Å². The largest absolute Gasteiger partial charge is 0.390 e. The zero-order valence-electron chi connectivity index (χ0n) is 44.9. The molecule has 74 heavy (non-hydrogen) atoms. The molecular formula is C61H88N2O11. The van der Waals surface area contributed by atoms with E-state index in [4.69, 9.17) is 33.2 Å². The monoisotopic (exact) mass is 1020 g/mol. The Balaban J connectivity index is 0.000000217. The van der Waals surface area contributed by atoms with Crippen LogP contribution in [0.5, 0.6) is 0 Å². The summed E-state index contributed by atoms with van der Waals surface area (Å²) in [6.45, 7) is 18.4. The van der Waals surface area contributed by atoms with Gasteiger partial charge in [0.05, 0.1) is 86.4 Å². The number of amides is 2. The van der Waals surface area contributed by atoms with Crippen LogP contribution in [0.4, 0.5) is 0 Å². The van der Waals surface area contributed by atoms with Gasteiger partial charge < -0.3 is 54.0 Å². The molecule has 4 bridgehead atoms. The van der Waals surface area contributed by atoms with E-state index in [0.29, 0.717) is 70.0 Å². The van der Waals surface area contributed by atoms with Crippen LogP contribution in [-0.2, 0) is 42.7 Å². The number of rotatable bonds is 7. The van der Waals surface area contributed by atoms with Gasteiger partial charge in [-0.1, -0.05) is 122 Å². The number of fused-ring (bicyclic) bond motifs is 6. The first-order chi connectivity index (χ1) is 35.7. The van der Waals surface area contributed by atoms with E-state index >= 15 is 0 Å². The topological polar surface area (TPSA) is 170 Å². The van der Waals surface area contributed by atoms with Gasteiger partial charge in [-0.25, -0.2) is 0 Å². The molecule has 8 aliphatic rings. The normalized spacial score (nSPS) is 39.2.